The SMILES string of the molecule is CCS(=O)(=O)Nc1ccc(Oc2ccc(OCCOCCCOCC(=O)O)cc2F)c(-c2cn(C)c(=O)c3[nH]ccc23)c1. The Bertz CT molecular complexity index is 1750. The van der Waals surface area contributed by atoms with Crippen molar-refractivity contribution in [1.29, 1.82) is 0 Å². The van der Waals surface area contributed by atoms with Crippen LogP contribution in [0.5, 0.6) is 17.2 Å². The zero-order valence-corrected chi connectivity index (χ0v) is 24.4. The molecule has 0 aliphatic carbocycles. The van der Waals surface area contributed by atoms with E-state index in [9.17, 15) is 18.0 Å². The van der Waals surface area contributed by atoms with Crippen molar-refractivity contribution in [3.05, 3.63) is 71.0 Å². The number of rotatable bonds is 16. The van der Waals surface area contributed by atoms with Crippen LogP contribution in [0.25, 0.3) is 22.0 Å². The van der Waals surface area contributed by atoms with Gasteiger partial charge < -0.3 is 33.6 Å². The highest BCUT2D eigenvalue weighted by Gasteiger charge is 2.18. The monoisotopic (exact) mass is 617 g/mol. The average Bonchev–Trinajstić information content (AvgIpc) is 3.46. The Labute approximate surface area is 247 Å². The number of carboxylic acids is 1. The summed E-state index contributed by atoms with van der Waals surface area (Å²) in [6, 6.07) is 10.5. The molecule has 4 aromatic rings. The van der Waals surface area contributed by atoms with Crippen molar-refractivity contribution in [3.8, 4) is 28.4 Å². The fourth-order valence-corrected chi connectivity index (χ4v) is 4.77. The van der Waals surface area contributed by atoms with Gasteiger partial charge in [-0.05, 0) is 49.7 Å². The van der Waals surface area contributed by atoms with E-state index in [4.69, 9.17) is 24.1 Å². The number of carbonyl (C=O) groups is 1. The molecule has 230 valence electrons. The molecule has 0 aliphatic rings. The highest BCUT2D eigenvalue weighted by molar-refractivity contribution is 7.92. The number of hydrogen-bond acceptors (Lipinski definition) is 8. The van der Waals surface area contributed by atoms with E-state index in [0.29, 0.717) is 35.1 Å². The van der Waals surface area contributed by atoms with Crippen molar-refractivity contribution in [2.75, 3.05) is 43.5 Å². The van der Waals surface area contributed by atoms with Crippen LogP contribution in [-0.2, 0) is 31.3 Å². The maximum atomic E-state index is 15.1. The third-order valence-corrected chi connectivity index (χ3v) is 7.55. The Morgan fingerprint density at radius 1 is 1.02 bits per heavy atom. The lowest BCUT2D eigenvalue weighted by Gasteiger charge is -2.16. The van der Waals surface area contributed by atoms with Gasteiger partial charge >= 0.3 is 5.97 Å². The number of aromatic amines is 1. The minimum atomic E-state index is -3.58. The number of benzene rings is 2. The summed E-state index contributed by atoms with van der Waals surface area (Å²) in [4.78, 5) is 25.9. The second-order valence-electron chi connectivity index (χ2n) is 9.40. The Morgan fingerprint density at radius 2 is 1.79 bits per heavy atom. The highest BCUT2D eigenvalue weighted by atomic mass is 32.2. The number of halogens is 1. The Hall–Kier alpha value is -4.40. The molecule has 0 amide bonds. The number of nitrogens with one attached hydrogen (secondary N) is 2. The van der Waals surface area contributed by atoms with E-state index >= 15 is 4.39 Å². The molecule has 12 nitrogen and oxygen atoms in total. The van der Waals surface area contributed by atoms with Crippen molar-refractivity contribution in [3.63, 3.8) is 0 Å². The number of hydrogen-bond donors (Lipinski definition) is 3. The van der Waals surface area contributed by atoms with Gasteiger partial charge in [-0.1, -0.05) is 0 Å². The Morgan fingerprint density at radius 3 is 2.53 bits per heavy atom. The first-order valence-electron chi connectivity index (χ1n) is 13.4. The van der Waals surface area contributed by atoms with Gasteiger partial charge in [0.05, 0.1) is 12.4 Å². The van der Waals surface area contributed by atoms with Gasteiger partial charge in [-0.15, -0.1) is 0 Å². The number of H-pyrrole nitrogens is 1. The summed E-state index contributed by atoms with van der Waals surface area (Å²) >= 11 is 0. The lowest BCUT2D eigenvalue weighted by atomic mass is 10.0. The second kappa shape index (κ2) is 14.2. The van der Waals surface area contributed by atoms with E-state index < -0.39 is 21.8 Å². The Kier molecular flexibility index (Phi) is 10.4. The van der Waals surface area contributed by atoms with Gasteiger partial charge in [0.15, 0.2) is 11.6 Å². The van der Waals surface area contributed by atoms with Crippen LogP contribution in [0.4, 0.5) is 10.1 Å². The van der Waals surface area contributed by atoms with E-state index in [2.05, 4.69) is 9.71 Å². The number of nitrogens with zero attached hydrogens (tertiary/aromatic N) is 1. The highest BCUT2D eigenvalue weighted by Crippen LogP contribution is 2.39. The molecule has 0 atom stereocenters. The topological polar surface area (TPSA) is 158 Å². The average molecular weight is 618 g/mol. The van der Waals surface area contributed by atoms with E-state index in [1.807, 2.05) is 0 Å². The number of sulfonamides is 1. The molecule has 4 rings (SSSR count). The molecular formula is C29H32FN3O9S. The maximum Gasteiger partial charge on any atom is 0.329 e. The normalized spacial score (nSPS) is 11.5. The van der Waals surface area contributed by atoms with Crippen molar-refractivity contribution >= 4 is 32.6 Å². The molecule has 0 radical (unpaired) electrons. The summed E-state index contributed by atoms with van der Waals surface area (Å²) in [5.41, 5.74) is 1.39. The first kappa shape index (κ1) is 31.5. The lowest BCUT2D eigenvalue weighted by molar-refractivity contribution is -0.142. The molecule has 0 bridgehead atoms. The fourth-order valence-electron chi connectivity index (χ4n) is 4.14. The lowest BCUT2D eigenvalue weighted by Crippen LogP contribution is -2.17. The van der Waals surface area contributed by atoms with Crippen LogP contribution in [0.3, 0.4) is 0 Å². The van der Waals surface area contributed by atoms with Crippen LogP contribution in [-0.4, -0.2) is 67.8 Å². The zero-order valence-electron chi connectivity index (χ0n) is 23.6. The molecule has 0 unspecified atom stereocenters. The van der Waals surface area contributed by atoms with Crippen LogP contribution in [0, 0.1) is 5.82 Å². The fraction of sp³-hybridized carbons (Fsp3) is 0.310. The smallest absolute Gasteiger partial charge is 0.329 e. The second-order valence-corrected chi connectivity index (χ2v) is 11.4. The third kappa shape index (κ3) is 8.34. The van der Waals surface area contributed by atoms with Crippen LogP contribution in [0.2, 0.25) is 0 Å². The number of aromatic nitrogens is 2. The summed E-state index contributed by atoms with van der Waals surface area (Å²) in [6.07, 6.45) is 3.76. The minimum Gasteiger partial charge on any atom is -0.491 e. The largest absolute Gasteiger partial charge is 0.491 e. The molecule has 0 aliphatic heterocycles. The van der Waals surface area contributed by atoms with Crippen LogP contribution in [0.1, 0.15) is 13.3 Å². The van der Waals surface area contributed by atoms with Gasteiger partial charge in [0.1, 0.15) is 30.2 Å². The number of aryl methyl sites for hydroxylation is 1. The van der Waals surface area contributed by atoms with Gasteiger partial charge in [-0.25, -0.2) is 17.6 Å². The first-order valence-corrected chi connectivity index (χ1v) is 15.0. The molecule has 3 N–H and O–H groups in total. The Balaban J connectivity index is 1.50. The molecule has 2 heterocycles. The van der Waals surface area contributed by atoms with Crippen molar-refractivity contribution in [2.24, 2.45) is 7.05 Å². The van der Waals surface area contributed by atoms with E-state index in [1.165, 1.54) is 41.8 Å². The van der Waals surface area contributed by atoms with E-state index in [-0.39, 0.29) is 60.7 Å². The third-order valence-electron chi connectivity index (χ3n) is 6.24. The summed E-state index contributed by atoms with van der Waals surface area (Å²) < 4.78 is 65.3. The number of fused-ring (bicyclic) bond motifs is 1. The molecule has 2 aromatic heterocycles. The quantitative estimate of drug-likeness (QED) is 0.157. The summed E-state index contributed by atoms with van der Waals surface area (Å²) in [6.45, 7) is 2.18. The van der Waals surface area contributed by atoms with Gasteiger partial charge in [-0.2, -0.15) is 0 Å². The molecule has 0 fully saturated rings. The van der Waals surface area contributed by atoms with Gasteiger partial charge in [0.2, 0.25) is 10.0 Å². The van der Waals surface area contributed by atoms with E-state index in [1.54, 1.807) is 31.6 Å². The number of anilines is 1. The maximum absolute atomic E-state index is 15.1. The number of carboxylic acid groups (broad SMARTS) is 1. The van der Waals surface area contributed by atoms with Gasteiger partial charge in [-0.3, -0.25) is 9.52 Å². The molecular weight excluding hydrogens is 585 g/mol. The van der Waals surface area contributed by atoms with Crippen molar-refractivity contribution in [2.45, 2.75) is 13.3 Å². The summed E-state index contributed by atoms with van der Waals surface area (Å²) in [5, 5.41) is 9.11. The standard InChI is InChI=1S/C29H32FN3O9S/c1-3-43(37,38)32-19-5-7-25(22(15-19)23-17-33(2)29(36)28-21(23)9-10-31-28)42-26-8-6-20(16-24(26)30)41-14-13-39-11-4-12-40-18-27(34)35/h5-10,15-17,31-32H,3-4,11-14,18H2,1-2H3,(H,34,35). The number of aliphatic carboxylic acids is 1. The molecule has 14 heteroatoms. The molecule has 0 spiro atoms. The van der Waals surface area contributed by atoms with Crippen LogP contribution < -0.4 is 19.8 Å². The molecule has 43 heavy (non-hydrogen) atoms. The van der Waals surface area contributed by atoms with E-state index in [0.717, 1.165) is 0 Å². The number of pyridine rings is 1. The van der Waals surface area contributed by atoms with Gasteiger partial charge in [0, 0.05) is 60.9 Å². The summed E-state index contributed by atoms with van der Waals surface area (Å²) in [7, 11) is -1.99. The van der Waals surface area contributed by atoms with Crippen LogP contribution >= 0.6 is 0 Å². The minimum absolute atomic E-state index is 0.0942. The summed E-state index contributed by atoms with van der Waals surface area (Å²) in [5.74, 6) is -1.45. The first-order chi connectivity index (χ1) is 20.6. The molecule has 2 aromatic carbocycles. The van der Waals surface area contributed by atoms with Gasteiger partial charge in [0.25, 0.3) is 5.56 Å². The number of ether oxygens (including phenoxy) is 4. The van der Waals surface area contributed by atoms with Crippen molar-refractivity contribution < 1.29 is 41.7 Å². The zero-order chi connectivity index (χ0) is 31.0. The predicted molar refractivity (Wildman–Crippen MR) is 158 cm³/mol. The van der Waals surface area contributed by atoms with Crippen LogP contribution in [0.15, 0.2) is 59.7 Å². The molecule has 0 saturated heterocycles. The molecule has 0 saturated carbocycles. The predicted octanol–water partition coefficient (Wildman–Crippen LogP) is 4.11. The van der Waals surface area contributed by atoms with Crippen molar-refractivity contribution in [1.82, 2.24) is 9.55 Å².